The summed E-state index contributed by atoms with van der Waals surface area (Å²) in [6.45, 7) is 0. The molecule has 1 saturated carbocycles. The van der Waals surface area contributed by atoms with Gasteiger partial charge in [0.15, 0.2) is 0 Å². The van der Waals surface area contributed by atoms with Gasteiger partial charge in [-0.25, -0.2) is 4.79 Å². The molecule has 0 bridgehead atoms. The molecule has 8 heteroatoms. The zero-order chi connectivity index (χ0) is 23.9. The fourth-order valence-electron chi connectivity index (χ4n) is 4.27. The molecule has 176 valence electrons. The summed E-state index contributed by atoms with van der Waals surface area (Å²) in [4.78, 5) is 45.8. The van der Waals surface area contributed by atoms with Gasteiger partial charge in [-0.3, -0.25) is 19.5 Å². The van der Waals surface area contributed by atoms with E-state index in [9.17, 15) is 14.4 Å². The molecule has 1 aliphatic carbocycles. The van der Waals surface area contributed by atoms with Crippen molar-refractivity contribution in [1.29, 1.82) is 0 Å². The van der Waals surface area contributed by atoms with E-state index in [4.69, 9.17) is 4.74 Å². The number of esters is 1. The van der Waals surface area contributed by atoms with Crippen LogP contribution in [0.3, 0.4) is 0 Å². The molecular weight excluding hydrogens is 450 g/mol. The number of anilines is 1. The Hall–Kier alpha value is -3.52. The Balaban J connectivity index is 1.74. The first-order chi connectivity index (χ1) is 16.6. The Kier molecular flexibility index (Phi) is 7.69. The summed E-state index contributed by atoms with van der Waals surface area (Å²) in [5.41, 5.74) is 1.56. The lowest BCUT2D eigenvalue weighted by Crippen LogP contribution is -2.46. The maximum atomic E-state index is 13.7. The lowest BCUT2D eigenvalue weighted by molar-refractivity contribution is -0.127. The van der Waals surface area contributed by atoms with Crippen LogP contribution in [-0.4, -0.2) is 35.9 Å². The van der Waals surface area contributed by atoms with E-state index in [1.54, 1.807) is 48.8 Å². The lowest BCUT2D eigenvalue weighted by Gasteiger charge is -2.32. The number of rotatable bonds is 8. The Morgan fingerprint density at radius 2 is 1.79 bits per heavy atom. The molecule has 0 saturated heterocycles. The van der Waals surface area contributed by atoms with Crippen molar-refractivity contribution in [3.8, 4) is 0 Å². The number of hydrogen-bond donors (Lipinski definition) is 1. The average molecular weight is 478 g/mol. The molecule has 0 aliphatic heterocycles. The van der Waals surface area contributed by atoms with Crippen molar-refractivity contribution in [3.05, 3.63) is 82.3 Å². The number of hydrogen-bond acceptors (Lipinski definition) is 6. The number of aromatic nitrogens is 1. The summed E-state index contributed by atoms with van der Waals surface area (Å²) in [6.07, 6.45) is 7.44. The standard InChI is InChI=1S/C26H27N3O4S/c1-33-26(32)19-8-10-21(11-9-19)29(23(30)17-22-7-4-16-34-22)24(18-12-14-27-15-13-18)25(31)28-20-5-2-3-6-20/h4,7-16,20,24H,2-3,5-6,17H2,1H3,(H,28,31). The number of nitrogens with one attached hydrogen (secondary N) is 1. The van der Waals surface area contributed by atoms with Gasteiger partial charge in [0.25, 0.3) is 0 Å². The minimum atomic E-state index is -0.875. The number of ether oxygens (including phenoxy) is 1. The number of amides is 2. The van der Waals surface area contributed by atoms with E-state index in [1.807, 2.05) is 17.5 Å². The fourth-order valence-corrected chi connectivity index (χ4v) is 4.97. The summed E-state index contributed by atoms with van der Waals surface area (Å²) >= 11 is 1.50. The van der Waals surface area contributed by atoms with Crippen LogP contribution in [0.15, 0.2) is 66.3 Å². The predicted octanol–water partition coefficient (Wildman–Crippen LogP) is 4.31. The third-order valence-electron chi connectivity index (χ3n) is 5.97. The van der Waals surface area contributed by atoms with Crippen LogP contribution in [0, 0.1) is 0 Å². The quantitative estimate of drug-likeness (QED) is 0.489. The van der Waals surface area contributed by atoms with Gasteiger partial charge in [-0.1, -0.05) is 18.9 Å². The summed E-state index contributed by atoms with van der Waals surface area (Å²) in [5.74, 6) is -0.904. The first-order valence-electron chi connectivity index (χ1n) is 11.3. The van der Waals surface area contributed by atoms with Gasteiger partial charge < -0.3 is 10.1 Å². The van der Waals surface area contributed by atoms with E-state index in [0.29, 0.717) is 16.8 Å². The van der Waals surface area contributed by atoms with Gasteiger partial charge in [-0.2, -0.15) is 0 Å². The molecule has 2 aromatic heterocycles. The highest BCUT2D eigenvalue weighted by atomic mass is 32.1. The molecule has 2 amide bonds. The Morgan fingerprint density at radius 3 is 2.41 bits per heavy atom. The Bertz CT molecular complexity index is 1110. The molecule has 1 aliphatic rings. The summed E-state index contributed by atoms with van der Waals surface area (Å²) in [5, 5.41) is 5.08. The third kappa shape index (κ3) is 5.51. The molecule has 1 atom stereocenters. The minimum absolute atomic E-state index is 0.104. The monoisotopic (exact) mass is 477 g/mol. The van der Waals surface area contributed by atoms with Gasteiger partial charge in [0.05, 0.1) is 19.1 Å². The van der Waals surface area contributed by atoms with Crippen LogP contribution in [-0.2, 0) is 20.7 Å². The van der Waals surface area contributed by atoms with Crippen molar-refractivity contribution < 1.29 is 19.1 Å². The number of pyridine rings is 1. The number of benzene rings is 1. The molecule has 1 unspecified atom stereocenters. The molecule has 0 spiro atoms. The van der Waals surface area contributed by atoms with Crippen LogP contribution in [0.2, 0.25) is 0 Å². The molecule has 2 heterocycles. The van der Waals surface area contributed by atoms with Crippen LogP contribution < -0.4 is 10.2 Å². The normalized spacial score (nSPS) is 14.4. The SMILES string of the molecule is COC(=O)c1ccc(N(C(=O)Cc2cccs2)C(C(=O)NC2CCCC2)c2ccncc2)cc1. The minimum Gasteiger partial charge on any atom is -0.465 e. The summed E-state index contributed by atoms with van der Waals surface area (Å²) < 4.78 is 4.79. The Morgan fingerprint density at radius 1 is 1.09 bits per heavy atom. The van der Waals surface area contributed by atoms with E-state index in [2.05, 4.69) is 10.3 Å². The lowest BCUT2D eigenvalue weighted by atomic mass is 10.0. The highest BCUT2D eigenvalue weighted by Gasteiger charge is 2.34. The molecule has 0 radical (unpaired) electrons. The zero-order valence-electron chi connectivity index (χ0n) is 19.0. The third-order valence-corrected chi connectivity index (χ3v) is 6.85. The molecule has 3 aromatic rings. The second-order valence-corrected chi connectivity index (χ2v) is 9.26. The van der Waals surface area contributed by atoms with Crippen molar-refractivity contribution in [1.82, 2.24) is 10.3 Å². The van der Waals surface area contributed by atoms with Crippen LogP contribution in [0.4, 0.5) is 5.69 Å². The van der Waals surface area contributed by atoms with Crippen molar-refractivity contribution in [2.24, 2.45) is 0 Å². The van der Waals surface area contributed by atoms with Crippen molar-refractivity contribution in [3.63, 3.8) is 0 Å². The van der Waals surface area contributed by atoms with Crippen LogP contribution >= 0.6 is 11.3 Å². The van der Waals surface area contributed by atoms with Gasteiger partial charge in [0.1, 0.15) is 6.04 Å². The molecule has 1 N–H and O–H groups in total. The maximum Gasteiger partial charge on any atom is 0.337 e. The van der Waals surface area contributed by atoms with Gasteiger partial charge >= 0.3 is 5.97 Å². The van der Waals surface area contributed by atoms with E-state index in [1.165, 1.54) is 23.3 Å². The number of thiophene rings is 1. The highest BCUT2D eigenvalue weighted by molar-refractivity contribution is 7.10. The molecule has 1 aromatic carbocycles. The fraction of sp³-hybridized carbons (Fsp3) is 0.308. The van der Waals surface area contributed by atoms with Gasteiger partial charge in [-0.15, -0.1) is 11.3 Å². The number of nitrogens with zero attached hydrogens (tertiary/aromatic N) is 2. The van der Waals surface area contributed by atoms with Crippen molar-refractivity contribution in [2.75, 3.05) is 12.0 Å². The number of carbonyl (C=O) groups is 3. The van der Waals surface area contributed by atoms with Gasteiger partial charge in [-0.05, 0) is 66.2 Å². The predicted molar refractivity (Wildman–Crippen MR) is 131 cm³/mol. The second-order valence-electron chi connectivity index (χ2n) is 8.23. The van der Waals surface area contributed by atoms with E-state index < -0.39 is 12.0 Å². The highest BCUT2D eigenvalue weighted by Crippen LogP contribution is 2.30. The zero-order valence-corrected chi connectivity index (χ0v) is 19.8. The smallest absolute Gasteiger partial charge is 0.337 e. The number of methoxy groups -OCH3 is 1. The van der Waals surface area contributed by atoms with E-state index in [0.717, 1.165) is 30.6 Å². The molecule has 34 heavy (non-hydrogen) atoms. The van der Waals surface area contributed by atoms with Crippen LogP contribution in [0.1, 0.15) is 52.5 Å². The Labute approximate surface area is 202 Å². The first-order valence-corrected chi connectivity index (χ1v) is 12.2. The summed E-state index contributed by atoms with van der Waals surface area (Å²) in [7, 11) is 1.32. The molecular formula is C26H27N3O4S. The molecule has 7 nitrogen and oxygen atoms in total. The maximum absolute atomic E-state index is 13.7. The number of carbonyl (C=O) groups excluding carboxylic acids is 3. The van der Waals surface area contributed by atoms with E-state index >= 15 is 0 Å². The van der Waals surface area contributed by atoms with Gasteiger partial charge in [0, 0.05) is 29.0 Å². The van der Waals surface area contributed by atoms with E-state index in [-0.39, 0.29) is 24.3 Å². The largest absolute Gasteiger partial charge is 0.465 e. The van der Waals surface area contributed by atoms with Crippen LogP contribution in [0.25, 0.3) is 0 Å². The summed E-state index contributed by atoms with van der Waals surface area (Å²) in [6, 6.07) is 13.1. The average Bonchev–Trinajstić information content (AvgIpc) is 3.57. The van der Waals surface area contributed by atoms with Crippen LogP contribution in [0.5, 0.6) is 0 Å². The second kappa shape index (κ2) is 11.1. The first kappa shape index (κ1) is 23.6. The molecule has 4 rings (SSSR count). The topological polar surface area (TPSA) is 88.6 Å². The van der Waals surface area contributed by atoms with Crippen molar-refractivity contribution >= 4 is 34.8 Å². The van der Waals surface area contributed by atoms with Crippen molar-refractivity contribution in [2.45, 2.75) is 44.2 Å². The molecule has 1 fully saturated rings. The van der Waals surface area contributed by atoms with Gasteiger partial charge in [0.2, 0.25) is 11.8 Å².